The first kappa shape index (κ1) is 17.8. The zero-order valence-electron chi connectivity index (χ0n) is 12.2. The molecular formula is C13H16N2O6S. The van der Waals surface area contributed by atoms with Gasteiger partial charge < -0.3 is 10.4 Å². The van der Waals surface area contributed by atoms with E-state index < -0.39 is 38.1 Å². The molecule has 0 aliphatic heterocycles. The van der Waals surface area contributed by atoms with Crippen molar-refractivity contribution >= 4 is 28.1 Å². The van der Waals surface area contributed by atoms with Gasteiger partial charge in [-0.15, -0.1) is 0 Å². The second kappa shape index (κ2) is 6.24. The average Bonchev–Trinajstić information content (AvgIpc) is 2.36. The van der Waals surface area contributed by atoms with Crippen molar-refractivity contribution in [3.63, 3.8) is 0 Å². The van der Waals surface area contributed by atoms with Crippen molar-refractivity contribution in [3.8, 4) is 0 Å². The quantitative estimate of drug-likeness (QED) is 0.552. The number of nitrogens with one attached hydrogen (secondary N) is 1. The Morgan fingerprint density at radius 2 is 1.86 bits per heavy atom. The van der Waals surface area contributed by atoms with Gasteiger partial charge in [0.15, 0.2) is 5.03 Å². The maximum Gasteiger partial charge on any atom is 0.352 e. The van der Waals surface area contributed by atoms with E-state index in [1.54, 1.807) is 20.8 Å². The minimum atomic E-state index is -4.50. The van der Waals surface area contributed by atoms with Crippen LogP contribution in [-0.4, -0.2) is 34.9 Å². The Balaban J connectivity index is 3.20. The second-order valence-electron chi connectivity index (χ2n) is 5.44. The fraction of sp³-hybridized carbons (Fsp3) is 0.308. The molecule has 1 aromatic rings. The van der Waals surface area contributed by atoms with E-state index in [1.807, 2.05) is 0 Å². The van der Waals surface area contributed by atoms with E-state index >= 15 is 0 Å². The van der Waals surface area contributed by atoms with Crippen molar-refractivity contribution in [3.05, 3.63) is 29.6 Å². The lowest BCUT2D eigenvalue weighted by molar-refractivity contribution is -0.136. The number of hydrogen-bond donors (Lipinski definition) is 3. The van der Waals surface area contributed by atoms with Gasteiger partial charge >= 0.3 is 16.1 Å². The Hall–Kier alpha value is -2.26. The maximum atomic E-state index is 11.8. The van der Waals surface area contributed by atoms with Crippen LogP contribution >= 0.6 is 0 Å². The summed E-state index contributed by atoms with van der Waals surface area (Å²) in [6.07, 6.45) is 1.00. The van der Waals surface area contributed by atoms with E-state index in [4.69, 9.17) is 9.66 Å². The van der Waals surface area contributed by atoms with Gasteiger partial charge in [-0.05, 0) is 18.2 Å². The lowest BCUT2D eigenvalue weighted by Crippen LogP contribution is -2.36. The van der Waals surface area contributed by atoms with Crippen LogP contribution in [0.2, 0.25) is 0 Å². The van der Waals surface area contributed by atoms with Gasteiger partial charge in [-0.1, -0.05) is 26.8 Å². The van der Waals surface area contributed by atoms with E-state index in [0.717, 1.165) is 12.1 Å². The molecule has 22 heavy (non-hydrogen) atoms. The van der Waals surface area contributed by atoms with Crippen LogP contribution in [0.5, 0.6) is 0 Å². The number of carboxylic acids is 1. The van der Waals surface area contributed by atoms with Crippen molar-refractivity contribution in [2.24, 2.45) is 5.41 Å². The largest absolute Gasteiger partial charge is 0.477 e. The first-order valence-electron chi connectivity index (χ1n) is 6.12. The molecule has 1 rings (SSSR count). The van der Waals surface area contributed by atoms with Gasteiger partial charge in [0.05, 0.1) is 5.69 Å². The third-order valence-electron chi connectivity index (χ3n) is 2.46. The number of rotatable bonds is 4. The van der Waals surface area contributed by atoms with Gasteiger partial charge in [-0.3, -0.25) is 9.35 Å². The summed E-state index contributed by atoms with van der Waals surface area (Å²) in [5.41, 5.74) is -1.31. The fourth-order valence-electron chi connectivity index (χ4n) is 1.26. The molecule has 0 saturated carbocycles. The smallest absolute Gasteiger partial charge is 0.352 e. The van der Waals surface area contributed by atoms with Crippen molar-refractivity contribution in [2.75, 3.05) is 0 Å². The van der Waals surface area contributed by atoms with E-state index in [1.165, 1.54) is 12.1 Å². The van der Waals surface area contributed by atoms with Crippen LogP contribution < -0.4 is 5.32 Å². The molecule has 0 saturated heterocycles. The highest BCUT2D eigenvalue weighted by atomic mass is 32.2. The number of carbonyl (C=O) groups excluding carboxylic acids is 1. The molecule has 120 valence electrons. The molecule has 0 fully saturated rings. The second-order valence-corrected chi connectivity index (χ2v) is 6.81. The summed E-state index contributed by atoms with van der Waals surface area (Å²) < 4.78 is 30.9. The van der Waals surface area contributed by atoms with E-state index in [-0.39, 0.29) is 5.69 Å². The van der Waals surface area contributed by atoms with Crippen LogP contribution in [0.15, 0.2) is 28.9 Å². The molecule has 0 aromatic carbocycles. The Morgan fingerprint density at radius 3 is 2.32 bits per heavy atom. The number of carboxylic acid groups (broad SMARTS) is 1. The van der Waals surface area contributed by atoms with Gasteiger partial charge in [0.1, 0.15) is 5.70 Å². The molecule has 0 aliphatic rings. The molecule has 0 unspecified atom stereocenters. The Labute approximate surface area is 127 Å². The predicted octanol–water partition coefficient (Wildman–Crippen LogP) is 0.916. The summed E-state index contributed by atoms with van der Waals surface area (Å²) in [5, 5.41) is 10.7. The maximum absolute atomic E-state index is 11.8. The third kappa shape index (κ3) is 4.93. The summed E-state index contributed by atoms with van der Waals surface area (Å²) in [6, 6.07) is 3.68. The normalized spacial score (nSPS) is 12.8. The predicted molar refractivity (Wildman–Crippen MR) is 77.3 cm³/mol. The van der Waals surface area contributed by atoms with Gasteiger partial charge in [-0.2, -0.15) is 8.42 Å². The summed E-state index contributed by atoms with van der Waals surface area (Å²) in [5.74, 6) is -1.93. The minimum Gasteiger partial charge on any atom is -0.477 e. The Bertz CT molecular complexity index is 731. The summed E-state index contributed by atoms with van der Waals surface area (Å²) in [4.78, 5) is 26.6. The lowest BCUT2D eigenvalue weighted by atomic mass is 9.95. The van der Waals surface area contributed by atoms with Crippen LogP contribution in [0.1, 0.15) is 26.5 Å². The number of amides is 1. The lowest BCUT2D eigenvalue weighted by Gasteiger charge is -2.17. The van der Waals surface area contributed by atoms with Gasteiger partial charge in [0.2, 0.25) is 5.91 Å². The van der Waals surface area contributed by atoms with Crippen LogP contribution in [0.4, 0.5) is 0 Å². The molecule has 1 amide bonds. The monoisotopic (exact) mass is 328 g/mol. The van der Waals surface area contributed by atoms with Crippen LogP contribution in [0.25, 0.3) is 6.08 Å². The summed E-state index contributed by atoms with van der Waals surface area (Å²) >= 11 is 0. The molecule has 0 bridgehead atoms. The highest BCUT2D eigenvalue weighted by Crippen LogP contribution is 2.14. The van der Waals surface area contributed by atoms with Gasteiger partial charge in [0, 0.05) is 5.41 Å². The number of hydrogen-bond acceptors (Lipinski definition) is 5. The zero-order valence-corrected chi connectivity index (χ0v) is 13.0. The van der Waals surface area contributed by atoms with E-state index in [2.05, 4.69) is 10.3 Å². The molecule has 0 aliphatic carbocycles. The van der Waals surface area contributed by atoms with E-state index in [9.17, 15) is 18.0 Å². The minimum absolute atomic E-state index is 0.0401. The SMILES string of the molecule is CC(C)(C)C(=O)N/C(=C/c1cccc(S(=O)(=O)O)n1)C(=O)O. The molecule has 1 heterocycles. The van der Waals surface area contributed by atoms with Crippen LogP contribution in [0, 0.1) is 5.41 Å². The molecular weight excluding hydrogens is 312 g/mol. The molecule has 8 nitrogen and oxygen atoms in total. The van der Waals surface area contributed by atoms with Gasteiger partial charge in [-0.25, -0.2) is 9.78 Å². The van der Waals surface area contributed by atoms with Gasteiger partial charge in [0.25, 0.3) is 0 Å². The molecule has 0 spiro atoms. The van der Waals surface area contributed by atoms with Crippen molar-refractivity contribution in [2.45, 2.75) is 25.8 Å². The van der Waals surface area contributed by atoms with Crippen molar-refractivity contribution in [1.82, 2.24) is 10.3 Å². The third-order valence-corrected chi connectivity index (χ3v) is 3.22. The van der Waals surface area contributed by atoms with E-state index in [0.29, 0.717) is 0 Å². The Kier molecular flexibility index (Phi) is 5.05. The fourth-order valence-corrected chi connectivity index (χ4v) is 1.74. The number of carbonyl (C=O) groups is 2. The average molecular weight is 328 g/mol. The molecule has 0 atom stereocenters. The first-order valence-corrected chi connectivity index (χ1v) is 7.56. The van der Waals surface area contributed by atoms with Crippen molar-refractivity contribution in [1.29, 1.82) is 0 Å². The molecule has 9 heteroatoms. The summed E-state index contributed by atoms with van der Waals surface area (Å²) in [7, 11) is -4.50. The number of pyridine rings is 1. The number of aliphatic carboxylic acids is 1. The highest BCUT2D eigenvalue weighted by molar-refractivity contribution is 7.85. The molecule has 1 aromatic heterocycles. The topological polar surface area (TPSA) is 134 Å². The number of aromatic nitrogens is 1. The number of nitrogens with zero attached hydrogens (tertiary/aromatic N) is 1. The van der Waals surface area contributed by atoms with Crippen LogP contribution in [0.3, 0.4) is 0 Å². The summed E-state index contributed by atoms with van der Waals surface area (Å²) in [6.45, 7) is 4.83. The standard InChI is InChI=1S/C13H16N2O6S/c1-13(2,3)12(18)15-9(11(16)17)7-8-5-4-6-10(14-8)22(19,20)21/h4-7H,1-3H3,(H,15,18)(H,16,17)(H,19,20,21)/b9-7+. The van der Waals surface area contributed by atoms with Crippen LogP contribution in [-0.2, 0) is 19.7 Å². The van der Waals surface area contributed by atoms with Crippen molar-refractivity contribution < 1.29 is 27.7 Å². The zero-order chi connectivity index (χ0) is 17.1. The Morgan fingerprint density at radius 1 is 1.27 bits per heavy atom. The highest BCUT2D eigenvalue weighted by Gasteiger charge is 2.24. The molecule has 0 radical (unpaired) electrons. The first-order chi connectivity index (χ1) is 9.91. The molecule has 3 N–H and O–H groups in total.